The fourth-order valence-corrected chi connectivity index (χ4v) is 1.37. The third-order valence-corrected chi connectivity index (χ3v) is 2.05. The maximum absolute atomic E-state index is 11.1. The molecule has 0 aliphatic carbocycles. The summed E-state index contributed by atoms with van der Waals surface area (Å²) in [6.07, 6.45) is 1.62. The summed E-state index contributed by atoms with van der Waals surface area (Å²) < 4.78 is 0. The van der Waals surface area contributed by atoms with E-state index in [4.69, 9.17) is 5.73 Å². The fourth-order valence-electron chi connectivity index (χ4n) is 1.37. The first kappa shape index (κ1) is 8.56. The van der Waals surface area contributed by atoms with Gasteiger partial charge in [-0.2, -0.15) is 0 Å². The van der Waals surface area contributed by atoms with Crippen LogP contribution in [0.25, 0.3) is 11.1 Å². The summed E-state index contributed by atoms with van der Waals surface area (Å²) in [6, 6.07) is 10.8. The molecule has 0 aliphatic rings. The van der Waals surface area contributed by atoms with Crippen molar-refractivity contribution >= 4 is 5.69 Å². The van der Waals surface area contributed by atoms with Gasteiger partial charge in [0.25, 0.3) is 0 Å². The lowest BCUT2D eigenvalue weighted by Crippen LogP contribution is -2.02. The van der Waals surface area contributed by atoms with Crippen molar-refractivity contribution in [3.8, 4) is 11.1 Å². The molecular weight excluding hydrogens is 176 g/mol. The van der Waals surface area contributed by atoms with Crippen LogP contribution in [0.4, 0.5) is 5.69 Å². The van der Waals surface area contributed by atoms with Crippen molar-refractivity contribution in [2.75, 3.05) is 5.73 Å². The molecule has 1 heterocycles. The molecule has 3 heteroatoms. The summed E-state index contributed by atoms with van der Waals surface area (Å²) in [6.45, 7) is 0. The molecule has 1 aromatic carbocycles. The Morgan fingerprint density at radius 3 is 2.64 bits per heavy atom. The van der Waals surface area contributed by atoms with Crippen molar-refractivity contribution in [2.45, 2.75) is 0 Å². The van der Waals surface area contributed by atoms with Crippen LogP contribution in [-0.4, -0.2) is 4.98 Å². The fraction of sp³-hybridized carbons (Fsp3) is 0. The lowest BCUT2D eigenvalue weighted by atomic mass is 10.1. The van der Waals surface area contributed by atoms with E-state index in [9.17, 15) is 4.79 Å². The van der Waals surface area contributed by atoms with Crippen molar-refractivity contribution in [2.24, 2.45) is 0 Å². The number of hydrogen-bond donors (Lipinski definition) is 2. The highest BCUT2D eigenvalue weighted by atomic mass is 16.1. The standard InChI is InChI=1S/C11H10N2O/c12-10-4-2-1-3-9(10)8-5-6-13-11(14)7-8/h1-7H,12H2,(H,13,14). The average Bonchev–Trinajstić information content (AvgIpc) is 2.18. The molecule has 2 rings (SSSR count). The zero-order chi connectivity index (χ0) is 9.97. The minimum atomic E-state index is -0.120. The second-order valence-electron chi connectivity index (χ2n) is 3.03. The number of rotatable bonds is 1. The van der Waals surface area contributed by atoms with Crippen LogP contribution in [0, 0.1) is 0 Å². The maximum Gasteiger partial charge on any atom is 0.248 e. The summed E-state index contributed by atoms with van der Waals surface area (Å²) in [4.78, 5) is 13.6. The number of aromatic amines is 1. The van der Waals surface area contributed by atoms with Gasteiger partial charge in [-0.3, -0.25) is 4.79 Å². The monoisotopic (exact) mass is 186 g/mol. The zero-order valence-corrected chi connectivity index (χ0v) is 7.53. The van der Waals surface area contributed by atoms with Crippen LogP contribution >= 0.6 is 0 Å². The van der Waals surface area contributed by atoms with Crippen LogP contribution in [-0.2, 0) is 0 Å². The Labute approximate surface area is 81.2 Å². The highest BCUT2D eigenvalue weighted by molar-refractivity contribution is 5.75. The van der Waals surface area contributed by atoms with Gasteiger partial charge >= 0.3 is 0 Å². The van der Waals surface area contributed by atoms with Gasteiger partial charge in [0.15, 0.2) is 0 Å². The molecule has 0 unspecified atom stereocenters. The summed E-state index contributed by atoms with van der Waals surface area (Å²) >= 11 is 0. The lowest BCUT2D eigenvalue weighted by Gasteiger charge is -2.03. The van der Waals surface area contributed by atoms with E-state index in [1.165, 1.54) is 6.07 Å². The third-order valence-electron chi connectivity index (χ3n) is 2.05. The highest BCUT2D eigenvalue weighted by Crippen LogP contribution is 2.23. The van der Waals surface area contributed by atoms with Crippen molar-refractivity contribution in [3.05, 3.63) is 52.9 Å². The van der Waals surface area contributed by atoms with Crippen molar-refractivity contribution in [1.82, 2.24) is 4.98 Å². The van der Waals surface area contributed by atoms with Crippen LogP contribution < -0.4 is 11.3 Å². The molecule has 70 valence electrons. The second kappa shape index (κ2) is 3.38. The van der Waals surface area contributed by atoms with E-state index in [0.29, 0.717) is 5.69 Å². The van der Waals surface area contributed by atoms with Crippen molar-refractivity contribution in [1.29, 1.82) is 0 Å². The molecule has 0 aliphatic heterocycles. The summed E-state index contributed by atoms with van der Waals surface area (Å²) in [5.41, 5.74) is 8.08. The van der Waals surface area contributed by atoms with Crippen LogP contribution in [0.5, 0.6) is 0 Å². The van der Waals surface area contributed by atoms with Gasteiger partial charge in [-0.25, -0.2) is 0 Å². The van der Waals surface area contributed by atoms with E-state index >= 15 is 0 Å². The Morgan fingerprint density at radius 1 is 1.14 bits per heavy atom. The first-order valence-electron chi connectivity index (χ1n) is 4.31. The third kappa shape index (κ3) is 1.52. The largest absolute Gasteiger partial charge is 0.398 e. The van der Waals surface area contributed by atoms with E-state index in [0.717, 1.165) is 11.1 Å². The number of para-hydroxylation sites is 1. The molecule has 3 nitrogen and oxygen atoms in total. The molecule has 0 radical (unpaired) electrons. The first-order valence-corrected chi connectivity index (χ1v) is 4.31. The van der Waals surface area contributed by atoms with Gasteiger partial charge in [0.2, 0.25) is 5.56 Å². The van der Waals surface area contributed by atoms with Crippen molar-refractivity contribution in [3.63, 3.8) is 0 Å². The van der Waals surface area contributed by atoms with E-state index in [-0.39, 0.29) is 5.56 Å². The van der Waals surface area contributed by atoms with Crippen molar-refractivity contribution < 1.29 is 0 Å². The molecule has 0 saturated heterocycles. The Kier molecular flexibility index (Phi) is 2.07. The molecule has 1 aromatic heterocycles. The molecule has 0 atom stereocenters. The van der Waals surface area contributed by atoms with Gasteiger partial charge in [0.1, 0.15) is 0 Å². The summed E-state index contributed by atoms with van der Waals surface area (Å²) in [7, 11) is 0. The molecule has 0 spiro atoms. The second-order valence-corrected chi connectivity index (χ2v) is 3.03. The quantitative estimate of drug-likeness (QED) is 0.665. The molecule has 3 N–H and O–H groups in total. The number of pyridine rings is 1. The molecule has 0 saturated carbocycles. The maximum atomic E-state index is 11.1. The van der Waals surface area contributed by atoms with Gasteiger partial charge < -0.3 is 10.7 Å². The number of aromatic nitrogens is 1. The highest BCUT2D eigenvalue weighted by Gasteiger charge is 2.00. The minimum absolute atomic E-state index is 0.120. The first-order chi connectivity index (χ1) is 6.77. The molecule has 2 aromatic rings. The summed E-state index contributed by atoms with van der Waals surface area (Å²) in [5, 5.41) is 0. The van der Waals surface area contributed by atoms with Crippen LogP contribution in [0.15, 0.2) is 47.4 Å². The number of nitrogens with one attached hydrogen (secondary N) is 1. The van der Waals surface area contributed by atoms with E-state index in [1.807, 2.05) is 30.3 Å². The molecule has 0 bridgehead atoms. The Morgan fingerprint density at radius 2 is 1.93 bits per heavy atom. The van der Waals surface area contributed by atoms with Crippen LogP contribution in [0.2, 0.25) is 0 Å². The molecule has 0 amide bonds. The normalized spacial score (nSPS) is 10.0. The van der Waals surface area contributed by atoms with Gasteiger partial charge in [-0.15, -0.1) is 0 Å². The zero-order valence-electron chi connectivity index (χ0n) is 7.53. The number of anilines is 1. The van der Waals surface area contributed by atoms with Gasteiger partial charge in [0, 0.05) is 23.5 Å². The van der Waals surface area contributed by atoms with Gasteiger partial charge in [0.05, 0.1) is 0 Å². The van der Waals surface area contributed by atoms with Crippen LogP contribution in [0.1, 0.15) is 0 Å². The number of benzene rings is 1. The average molecular weight is 186 g/mol. The SMILES string of the molecule is Nc1ccccc1-c1cc[nH]c(=O)c1. The Hall–Kier alpha value is -2.03. The van der Waals surface area contributed by atoms with E-state index in [2.05, 4.69) is 4.98 Å². The van der Waals surface area contributed by atoms with E-state index in [1.54, 1.807) is 6.20 Å². The minimum Gasteiger partial charge on any atom is -0.398 e. The number of H-pyrrole nitrogens is 1. The Bertz CT molecular complexity index is 502. The predicted octanol–water partition coefficient (Wildman–Crippen LogP) is 1.62. The van der Waals surface area contributed by atoms with Gasteiger partial charge in [-0.1, -0.05) is 18.2 Å². The lowest BCUT2D eigenvalue weighted by molar-refractivity contribution is 1.24. The Balaban J connectivity index is 2.61. The molecular formula is C11H10N2O. The van der Waals surface area contributed by atoms with E-state index < -0.39 is 0 Å². The number of nitrogens with two attached hydrogens (primary N) is 1. The molecule has 14 heavy (non-hydrogen) atoms. The summed E-state index contributed by atoms with van der Waals surface area (Å²) in [5.74, 6) is 0. The predicted molar refractivity (Wildman–Crippen MR) is 56.9 cm³/mol. The number of nitrogen functional groups attached to an aromatic ring is 1. The van der Waals surface area contributed by atoms with Gasteiger partial charge in [-0.05, 0) is 17.7 Å². The van der Waals surface area contributed by atoms with Crippen LogP contribution in [0.3, 0.4) is 0 Å². The topological polar surface area (TPSA) is 58.9 Å². The molecule has 0 fully saturated rings. The smallest absolute Gasteiger partial charge is 0.248 e. The number of hydrogen-bond acceptors (Lipinski definition) is 2.